The van der Waals surface area contributed by atoms with Gasteiger partial charge in [-0.25, -0.2) is 13.2 Å². The van der Waals surface area contributed by atoms with Gasteiger partial charge in [0.1, 0.15) is 9.96 Å². The number of nitrogens with one attached hydrogen (secondary N) is 1. The van der Waals surface area contributed by atoms with Crippen molar-refractivity contribution in [3.63, 3.8) is 0 Å². The van der Waals surface area contributed by atoms with E-state index in [0.29, 0.717) is 35.0 Å². The largest absolute Gasteiger partial charge is 0.482 e. The third-order valence-corrected chi connectivity index (χ3v) is 8.44. The van der Waals surface area contributed by atoms with E-state index >= 15 is 0 Å². The molecule has 1 saturated heterocycles. The topological polar surface area (TPSA) is 102 Å². The molecule has 1 N–H and O–H groups in total. The van der Waals surface area contributed by atoms with Crippen molar-refractivity contribution in [1.82, 2.24) is 4.31 Å². The normalized spacial score (nSPS) is 17.2. The summed E-state index contributed by atoms with van der Waals surface area (Å²) in [6.07, 6.45) is 1.25. The van der Waals surface area contributed by atoms with E-state index in [1.807, 2.05) is 13.8 Å². The first-order chi connectivity index (χ1) is 14.7. The van der Waals surface area contributed by atoms with Gasteiger partial charge in [0.2, 0.25) is 5.91 Å². The van der Waals surface area contributed by atoms with Crippen molar-refractivity contribution in [1.29, 1.82) is 0 Å². The molecule has 3 rings (SSSR count). The first-order valence-corrected chi connectivity index (χ1v) is 12.1. The van der Waals surface area contributed by atoms with Gasteiger partial charge < -0.3 is 14.8 Å². The molecule has 1 unspecified atom stereocenters. The van der Waals surface area contributed by atoms with Crippen LogP contribution in [0.15, 0.2) is 34.5 Å². The van der Waals surface area contributed by atoms with Crippen molar-refractivity contribution < 1.29 is 27.5 Å². The van der Waals surface area contributed by atoms with E-state index in [0.717, 1.165) is 10.4 Å². The Hall–Kier alpha value is -2.43. The summed E-state index contributed by atoms with van der Waals surface area (Å²) in [6.45, 7) is 4.05. The lowest BCUT2D eigenvalue weighted by atomic mass is 9.98. The molecular formula is C21H26N2O6S2. The maximum atomic E-state index is 12.9. The van der Waals surface area contributed by atoms with Gasteiger partial charge in [0.05, 0.1) is 13.0 Å². The molecule has 31 heavy (non-hydrogen) atoms. The van der Waals surface area contributed by atoms with Crippen molar-refractivity contribution in [2.45, 2.75) is 30.9 Å². The molecule has 8 nitrogen and oxygen atoms in total. The van der Waals surface area contributed by atoms with Gasteiger partial charge in [-0.15, -0.1) is 11.3 Å². The average molecular weight is 467 g/mol. The first-order valence-electron chi connectivity index (χ1n) is 9.88. The quantitative estimate of drug-likeness (QED) is 0.630. The van der Waals surface area contributed by atoms with Crippen molar-refractivity contribution in [2.24, 2.45) is 5.92 Å². The molecule has 1 aliphatic rings. The number of rotatable bonds is 7. The fourth-order valence-electron chi connectivity index (χ4n) is 3.35. The van der Waals surface area contributed by atoms with Gasteiger partial charge in [-0.3, -0.25) is 4.79 Å². The van der Waals surface area contributed by atoms with Gasteiger partial charge in [-0.2, -0.15) is 4.31 Å². The number of aryl methyl sites for hydroxylation is 2. The lowest BCUT2D eigenvalue weighted by molar-refractivity contribution is -0.142. The Kier molecular flexibility index (Phi) is 7.34. The van der Waals surface area contributed by atoms with Gasteiger partial charge in [-0.05, 0) is 62.6 Å². The number of methoxy groups -OCH3 is 1. The molecule has 1 atom stereocenters. The molecule has 1 aromatic carbocycles. The van der Waals surface area contributed by atoms with Crippen LogP contribution in [0.3, 0.4) is 0 Å². The van der Waals surface area contributed by atoms with Gasteiger partial charge in [-0.1, -0.05) is 0 Å². The number of hydrogen-bond donors (Lipinski definition) is 1. The molecule has 2 aromatic rings. The van der Waals surface area contributed by atoms with Gasteiger partial charge in [0.25, 0.3) is 10.0 Å². The summed E-state index contributed by atoms with van der Waals surface area (Å²) < 4.78 is 37.4. The predicted molar refractivity (Wildman–Crippen MR) is 118 cm³/mol. The highest BCUT2D eigenvalue weighted by Gasteiger charge is 2.34. The summed E-state index contributed by atoms with van der Waals surface area (Å²) in [5.41, 5.74) is 1.38. The zero-order valence-corrected chi connectivity index (χ0v) is 19.3. The van der Waals surface area contributed by atoms with E-state index in [1.54, 1.807) is 30.3 Å². The smallest absolute Gasteiger partial charge is 0.343 e. The molecule has 0 spiro atoms. The zero-order valence-electron chi connectivity index (χ0n) is 17.7. The fourth-order valence-corrected chi connectivity index (χ4v) is 6.32. The summed E-state index contributed by atoms with van der Waals surface area (Å²) in [6, 6.07) is 8.47. The molecule has 168 valence electrons. The van der Waals surface area contributed by atoms with Crippen molar-refractivity contribution in [3.05, 3.63) is 40.8 Å². The van der Waals surface area contributed by atoms with Crippen LogP contribution in [0.5, 0.6) is 5.75 Å². The monoisotopic (exact) mass is 466 g/mol. The molecule has 1 aromatic heterocycles. The van der Waals surface area contributed by atoms with Crippen molar-refractivity contribution in [2.75, 3.05) is 32.1 Å². The summed E-state index contributed by atoms with van der Waals surface area (Å²) in [4.78, 5) is 25.0. The number of ether oxygens (including phenoxy) is 2. The Morgan fingerprint density at radius 3 is 2.65 bits per heavy atom. The molecule has 10 heteroatoms. The van der Waals surface area contributed by atoms with Crippen LogP contribution in [0.1, 0.15) is 23.3 Å². The number of benzene rings is 1. The molecule has 1 amide bonds. The van der Waals surface area contributed by atoms with Crippen LogP contribution >= 0.6 is 11.3 Å². The Balaban J connectivity index is 1.64. The van der Waals surface area contributed by atoms with Gasteiger partial charge in [0.15, 0.2) is 6.61 Å². The van der Waals surface area contributed by atoms with Crippen LogP contribution in [0, 0.1) is 19.8 Å². The van der Waals surface area contributed by atoms with E-state index in [1.165, 1.54) is 22.8 Å². The summed E-state index contributed by atoms with van der Waals surface area (Å²) in [5, 5.41) is 2.89. The Morgan fingerprint density at radius 1 is 1.23 bits per heavy atom. The SMILES string of the molecule is COC(=O)COc1ccc(NC(=O)C2CCCN(S(=O)(=O)c3ccc(C)s3)C2)c(C)c1. The fraction of sp³-hybridized carbons (Fsp3) is 0.429. The third-order valence-electron chi connectivity index (χ3n) is 5.10. The van der Waals surface area contributed by atoms with Gasteiger partial charge in [0, 0.05) is 23.7 Å². The Morgan fingerprint density at radius 2 is 2.00 bits per heavy atom. The summed E-state index contributed by atoms with van der Waals surface area (Å²) in [5.74, 6) is -0.639. The minimum atomic E-state index is -3.59. The second kappa shape index (κ2) is 9.80. The molecule has 1 fully saturated rings. The lowest BCUT2D eigenvalue weighted by Gasteiger charge is -2.31. The van der Waals surface area contributed by atoms with E-state index < -0.39 is 21.9 Å². The minimum absolute atomic E-state index is 0.157. The Bertz CT molecular complexity index is 1060. The van der Waals surface area contributed by atoms with E-state index in [2.05, 4.69) is 10.1 Å². The molecule has 0 saturated carbocycles. The second-order valence-corrected chi connectivity index (χ2v) is 10.9. The molecule has 0 bridgehead atoms. The van der Waals surface area contributed by atoms with Crippen LogP contribution in [0.2, 0.25) is 0 Å². The van der Waals surface area contributed by atoms with E-state index in [-0.39, 0.29) is 19.1 Å². The number of sulfonamides is 1. The maximum Gasteiger partial charge on any atom is 0.343 e. The Labute approximate surface area is 186 Å². The maximum absolute atomic E-state index is 12.9. The summed E-state index contributed by atoms with van der Waals surface area (Å²) in [7, 11) is -2.31. The highest BCUT2D eigenvalue weighted by Crippen LogP contribution is 2.29. The average Bonchev–Trinajstić information content (AvgIpc) is 3.21. The zero-order chi connectivity index (χ0) is 22.6. The second-order valence-electron chi connectivity index (χ2n) is 7.40. The number of carbonyl (C=O) groups excluding carboxylic acids is 2. The number of amides is 1. The predicted octanol–water partition coefficient (Wildman–Crippen LogP) is 2.96. The molecule has 0 aliphatic carbocycles. The van der Waals surface area contributed by atoms with Crippen LogP contribution in [-0.2, 0) is 24.3 Å². The first kappa shape index (κ1) is 23.2. The van der Waals surface area contributed by atoms with Crippen LogP contribution in [-0.4, -0.2) is 51.4 Å². The standard InChI is InChI=1S/C21H26N2O6S2/c1-14-11-17(29-13-19(24)28-3)7-8-18(14)22-21(25)16-5-4-10-23(12-16)31(26,27)20-9-6-15(2)30-20/h6-9,11,16H,4-5,10,12-13H2,1-3H3,(H,22,25). The third kappa shape index (κ3) is 5.63. The number of piperidine rings is 1. The lowest BCUT2D eigenvalue weighted by Crippen LogP contribution is -2.43. The number of esters is 1. The number of anilines is 1. The molecule has 0 radical (unpaired) electrons. The van der Waals surface area contributed by atoms with Crippen LogP contribution < -0.4 is 10.1 Å². The minimum Gasteiger partial charge on any atom is -0.482 e. The molecular weight excluding hydrogens is 440 g/mol. The van der Waals surface area contributed by atoms with E-state index in [4.69, 9.17) is 4.74 Å². The van der Waals surface area contributed by atoms with Crippen molar-refractivity contribution in [3.8, 4) is 5.75 Å². The summed E-state index contributed by atoms with van der Waals surface area (Å²) >= 11 is 1.24. The number of carbonyl (C=O) groups is 2. The molecule has 1 aliphatic heterocycles. The highest BCUT2D eigenvalue weighted by atomic mass is 32.2. The van der Waals surface area contributed by atoms with Crippen LogP contribution in [0.25, 0.3) is 0 Å². The van der Waals surface area contributed by atoms with Gasteiger partial charge >= 0.3 is 5.97 Å². The van der Waals surface area contributed by atoms with E-state index in [9.17, 15) is 18.0 Å². The number of nitrogens with zero attached hydrogens (tertiary/aromatic N) is 1. The highest BCUT2D eigenvalue weighted by molar-refractivity contribution is 7.91. The molecule has 2 heterocycles. The number of hydrogen-bond acceptors (Lipinski definition) is 7. The van der Waals surface area contributed by atoms with Crippen molar-refractivity contribution >= 4 is 38.9 Å². The number of thiophene rings is 1. The van der Waals surface area contributed by atoms with Crippen LogP contribution in [0.4, 0.5) is 5.69 Å².